The molecule has 0 aliphatic heterocycles. The maximum Gasteiger partial charge on any atom is 0.255 e. The van der Waals surface area contributed by atoms with Crippen molar-refractivity contribution >= 4 is 43.6 Å². The van der Waals surface area contributed by atoms with E-state index in [0.717, 1.165) is 45.4 Å². The third-order valence-electron chi connectivity index (χ3n) is 7.62. The smallest absolute Gasteiger partial charge is 0.255 e. The number of amides is 1. The van der Waals surface area contributed by atoms with Crippen LogP contribution < -0.4 is 14.4 Å². The first-order valence-electron chi connectivity index (χ1n) is 13.5. The van der Waals surface area contributed by atoms with Gasteiger partial charge >= 0.3 is 0 Å². The second-order valence-corrected chi connectivity index (χ2v) is 12.4. The van der Waals surface area contributed by atoms with Crippen LogP contribution in [-0.2, 0) is 10.0 Å². The van der Waals surface area contributed by atoms with Gasteiger partial charge in [0.25, 0.3) is 5.91 Å². The van der Waals surface area contributed by atoms with Crippen molar-refractivity contribution < 1.29 is 22.4 Å². The number of hydrogen-bond acceptors (Lipinski definition) is 6. The maximum atomic E-state index is 13.3. The van der Waals surface area contributed by atoms with Crippen molar-refractivity contribution in [2.24, 2.45) is 0 Å². The second-order valence-electron chi connectivity index (χ2n) is 10.4. The monoisotopic (exact) mass is 594 g/mol. The number of aryl methyl sites for hydroxylation is 1. The molecule has 0 radical (unpaired) electrons. The standard InChI is InChI=1S/C33H30N4O5S/c1-20-6-8-21(9-7-20)32-31(33(38)34-2)26-17-25(28(18-30(26)42-32)36(3)43(5,39)40)22-10-15-27-29(16-22)37(19-35-27)23-11-13-24(41-4)14-12-23/h6-19H,1-5H3,(H,34,38). The normalized spacial score (nSPS) is 11.7. The lowest BCUT2D eigenvalue weighted by molar-refractivity contribution is 0.0964. The summed E-state index contributed by atoms with van der Waals surface area (Å²) in [5, 5.41) is 3.30. The van der Waals surface area contributed by atoms with Crippen molar-refractivity contribution in [3.05, 3.63) is 96.3 Å². The van der Waals surface area contributed by atoms with Crippen LogP contribution in [0.4, 0.5) is 5.69 Å². The van der Waals surface area contributed by atoms with Crippen molar-refractivity contribution in [1.29, 1.82) is 0 Å². The number of carbonyl (C=O) groups is 1. The predicted molar refractivity (Wildman–Crippen MR) is 170 cm³/mol. The van der Waals surface area contributed by atoms with E-state index >= 15 is 0 Å². The second kappa shape index (κ2) is 10.6. The lowest BCUT2D eigenvalue weighted by Gasteiger charge is -2.21. The number of rotatable bonds is 7. The Hall–Kier alpha value is -5.09. The lowest BCUT2D eigenvalue weighted by Crippen LogP contribution is -2.25. The molecule has 0 saturated heterocycles. The molecule has 6 rings (SSSR count). The molecule has 0 fully saturated rings. The van der Waals surface area contributed by atoms with E-state index in [-0.39, 0.29) is 5.91 Å². The number of fused-ring (bicyclic) bond motifs is 2. The van der Waals surface area contributed by atoms with Gasteiger partial charge < -0.3 is 14.5 Å². The molecule has 218 valence electrons. The number of anilines is 1. The Morgan fingerprint density at radius 1 is 0.977 bits per heavy atom. The summed E-state index contributed by atoms with van der Waals surface area (Å²) in [6, 6.07) is 24.6. The Morgan fingerprint density at radius 3 is 2.33 bits per heavy atom. The van der Waals surface area contributed by atoms with Crippen LogP contribution in [0, 0.1) is 6.92 Å². The van der Waals surface area contributed by atoms with Gasteiger partial charge in [0.1, 0.15) is 23.4 Å². The number of aromatic nitrogens is 2. The number of sulfonamides is 1. The fraction of sp³-hybridized carbons (Fsp3) is 0.152. The van der Waals surface area contributed by atoms with Crippen molar-refractivity contribution in [3.63, 3.8) is 0 Å². The molecule has 10 heteroatoms. The lowest BCUT2D eigenvalue weighted by atomic mass is 9.98. The van der Waals surface area contributed by atoms with Crippen molar-refractivity contribution in [2.45, 2.75) is 6.92 Å². The summed E-state index contributed by atoms with van der Waals surface area (Å²) >= 11 is 0. The highest BCUT2D eigenvalue weighted by atomic mass is 32.2. The van der Waals surface area contributed by atoms with E-state index in [1.165, 1.54) is 11.4 Å². The number of methoxy groups -OCH3 is 1. The number of nitrogens with zero attached hydrogens (tertiary/aromatic N) is 3. The van der Waals surface area contributed by atoms with Crippen LogP contribution in [0.5, 0.6) is 5.75 Å². The number of carbonyl (C=O) groups excluding carboxylic acids is 1. The first-order valence-corrected chi connectivity index (χ1v) is 15.4. The molecule has 1 N–H and O–H groups in total. The molecule has 0 atom stereocenters. The van der Waals surface area contributed by atoms with Gasteiger partial charge in [-0.2, -0.15) is 0 Å². The Balaban J connectivity index is 1.61. The number of nitrogens with one attached hydrogen (secondary N) is 1. The van der Waals surface area contributed by atoms with Crippen LogP contribution in [0.15, 0.2) is 89.6 Å². The van der Waals surface area contributed by atoms with Crippen LogP contribution in [0.2, 0.25) is 0 Å². The van der Waals surface area contributed by atoms with E-state index in [9.17, 15) is 13.2 Å². The minimum atomic E-state index is -3.64. The summed E-state index contributed by atoms with van der Waals surface area (Å²) < 4.78 is 40.4. The Morgan fingerprint density at radius 2 is 1.67 bits per heavy atom. The topological polar surface area (TPSA) is 107 Å². The van der Waals surface area contributed by atoms with Gasteiger partial charge in [0.05, 0.1) is 35.6 Å². The van der Waals surface area contributed by atoms with Gasteiger partial charge in [0, 0.05) is 42.4 Å². The molecule has 0 aliphatic carbocycles. The minimum Gasteiger partial charge on any atom is -0.497 e. The summed E-state index contributed by atoms with van der Waals surface area (Å²) in [6.45, 7) is 1.99. The number of benzene rings is 4. The van der Waals surface area contributed by atoms with Gasteiger partial charge in [-0.15, -0.1) is 0 Å². The number of furan rings is 1. The van der Waals surface area contributed by atoms with Gasteiger partial charge in [0.15, 0.2) is 0 Å². The highest BCUT2D eigenvalue weighted by Gasteiger charge is 2.26. The van der Waals surface area contributed by atoms with Gasteiger partial charge in [-0.25, -0.2) is 13.4 Å². The van der Waals surface area contributed by atoms with Crippen molar-refractivity contribution in [1.82, 2.24) is 14.9 Å². The zero-order valence-electron chi connectivity index (χ0n) is 24.4. The van der Waals surface area contributed by atoms with Crippen LogP contribution in [-0.4, -0.2) is 51.3 Å². The average Bonchev–Trinajstić information content (AvgIpc) is 3.60. The van der Waals surface area contributed by atoms with E-state index in [1.54, 1.807) is 26.6 Å². The SMILES string of the molecule is CNC(=O)c1c(-c2ccc(C)cc2)oc2cc(N(C)S(C)(=O)=O)c(-c3ccc4ncn(-c5ccc(OC)cc5)c4c3)cc12. The van der Waals surface area contributed by atoms with Gasteiger partial charge in [-0.3, -0.25) is 13.7 Å². The van der Waals surface area contributed by atoms with E-state index in [1.807, 2.05) is 84.3 Å². The Kier molecular flexibility index (Phi) is 6.94. The van der Waals surface area contributed by atoms with Crippen LogP contribution in [0.1, 0.15) is 15.9 Å². The van der Waals surface area contributed by atoms with E-state index < -0.39 is 10.0 Å². The highest BCUT2D eigenvalue weighted by Crippen LogP contribution is 2.42. The summed E-state index contributed by atoms with van der Waals surface area (Å²) in [4.78, 5) is 17.8. The van der Waals surface area contributed by atoms with Crippen LogP contribution >= 0.6 is 0 Å². The third kappa shape index (κ3) is 4.99. The molecular formula is C33H30N4O5S. The molecule has 9 nitrogen and oxygen atoms in total. The first kappa shape index (κ1) is 28.0. The van der Waals surface area contributed by atoms with Gasteiger partial charge in [-0.05, 0) is 55.0 Å². The molecule has 0 bridgehead atoms. The summed E-state index contributed by atoms with van der Waals surface area (Å²) in [7, 11) is 1.05. The quantitative estimate of drug-likeness (QED) is 0.237. The van der Waals surface area contributed by atoms with Gasteiger partial charge in [0.2, 0.25) is 10.0 Å². The molecule has 43 heavy (non-hydrogen) atoms. The van der Waals surface area contributed by atoms with E-state index in [4.69, 9.17) is 9.15 Å². The highest BCUT2D eigenvalue weighted by molar-refractivity contribution is 7.92. The first-order chi connectivity index (χ1) is 20.6. The molecule has 6 aromatic rings. The molecule has 0 aliphatic rings. The summed E-state index contributed by atoms with van der Waals surface area (Å²) in [5.74, 6) is 0.845. The Labute approximate surface area is 249 Å². The number of ether oxygens (including phenoxy) is 1. The van der Waals surface area contributed by atoms with E-state index in [0.29, 0.717) is 33.5 Å². The predicted octanol–water partition coefficient (Wildman–Crippen LogP) is 6.18. The molecule has 2 heterocycles. The molecule has 2 aromatic heterocycles. The van der Waals surface area contributed by atoms with Crippen LogP contribution in [0.25, 0.3) is 50.1 Å². The van der Waals surface area contributed by atoms with Gasteiger partial charge in [-0.1, -0.05) is 35.9 Å². The molecular weight excluding hydrogens is 564 g/mol. The Bertz CT molecular complexity index is 2110. The molecule has 0 spiro atoms. The largest absolute Gasteiger partial charge is 0.497 e. The number of hydrogen-bond donors (Lipinski definition) is 1. The van der Waals surface area contributed by atoms with E-state index in [2.05, 4.69) is 10.3 Å². The summed E-state index contributed by atoms with van der Waals surface area (Å²) in [5.41, 5.74) is 6.86. The fourth-order valence-electron chi connectivity index (χ4n) is 5.19. The summed E-state index contributed by atoms with van der Waals surface area (Å²) in [6.07, 6.45) is 2.90. The molecule has 0 unspecified atom stereocenters. The minimum absolute atomic E-state index is 0.308. The molecule has 4 aromatic carbocycles. The third-order valence-corrected chi connectivity index (χ3v) is 8.81. The molecule has 1 amide bonds. The van der Waals surface area contributed by atoms with Crippen molar-refractivity contribution in [3.8, 4) is 33.9 Å². The fourth-order valence-corrected chi connectivity index (χ4v) is 5.69. The molecule has 0 saturated carbocycles. The number of imidazole rings is 1. The van der Waals surface area contributed by atoms with Crippen molar-refractivity contribution in [2.75, 3.05) is 31.8 Å². The zero-order valence-corrected chi connectivity index (χ0v) is 25.2. The average molecular weight is 595 g/mol. The maximum absolute atomic E-state index is 13.3. The zero-order chi connectivity index (χ0) is 30.5. The van der Waals surface area contributed by atoms with Crippen LogP contribution in [0.3, 0.4) is 0 Å².